The molecule has 252 valence electrons. The van der Waals surface area contributed by atoms with Crippen molar-refractivity contribution in [3.05, 3.63) is 47.2 Å². The number of nitrogens with zero attached hydrogens (tertiary/aromatic N) is 4. The predicted octanol–water partition coefficient (Wildman–Crippen LogP) is 6.51. The highest BCUT2D eigenvalue weighted by Crippen LogP contribution is 2.42. The second-order valence-corrected chi connectivity index (χ2v) is 13.4. The van der Waals surface area contributed by atoms with E-state index in [1.165, 1.54) is 18.2 Å². The highest BCUT2D eigenvalue weighted by atomic mass is 19.2. The Morgan fingerprint density at radius 3 is 2.60 bits per heavy atom. The molecule has 4 atom stereocenters. The van der Waals surface area contributed by atoms with Crippen LogP contribution in [0.1, 0.15) is 57.2 Å². The first-order chi connectivity index (χ1) is 23.1. The van der Waals surface area contributed by atoms with Crippen molar-refractivity contribution in [2.24, 2.45) is 11.8 Å². The molecule has 2 aromatic carbocycles. The fourth-order valence-electron chi connectivity index (χ4n) is 8.09. The van der Waals surface area contributed by atoms with Crippen LogP contribution in [0.2, 0.25) is 0 Å². The molecule has 0 bridgehead atoms. The molecule has 12 heteroatoms. The van der Waals surface area contributed by atoms with Gasteiger partial charge < -0.3 is 15.8 Å². The molecule has 7 rings (SSSR count). The zero-order valence-electron chi connectivity index (χ0n) is 27.1. The van der Waals surface area contributed by atoms with Gasteiger partial charge in [-0.1, -0.05) is 25.8 Å². The molecule has 0 saturated carbocycles. The van der Waals surface area contributed by atoms with E-state index in [9.17, 15) is 0 Å². The van der Waals surface area contributed by atoms with Crippen molar-refractivity contribution in [3.8, 4) is 29.6 Å². The smallest absolute Gasteiger partial charge is 0.319 e. The highest BCUT2D eigenvalue weighted by molar-refractivity contribution is 6.04. The molecule has 5 heterocycles. The van der Waals surface area contributed by atoms with Gasteiger partial charge in [0.25, 0.3) is 0 Å². The number of halogens is 4. The number of fused-ring (bicyclic) bond motifs is 2. The summed E-state index contributed by atoms with van der Waals surface area (Å²) in [6.45, 7) is 5.65. The quantitative estimate of drug-likeness (QED) is 0.0965. The minimum absolute atomic E-state index is 0.0537. The van der Waals surface area contributed by atoms with Crippen LogP contribution in [-0.4, -0.2) is 64.2 Å². The van der Waals surface area contributed by atoms with Gasteiger partial charge in [-0.3, -0.25) is 10.2 Å². The summed E-state index contributed by atoms with van der Waals surface area (Å²) in [6.07, 6.45) is 7.06. The molecule has 0 radical (unpaired) electrons. The van der Waals surface area contributed by atoms with Crippen LogP contribution in [0, 0.1) is 35.8 Å². The first-order valence-corrected chi connectivity index (χ1v) is 16.7. The van der Waals surface area contributed by atoms with Gasteiger partial charge in [0.15, 0.2) is 18.4 Å². The van der Waals surface area contributed by atoms with Gasteiger partial charge in [0, 0.05) is 22.6 Å². The summed E-state index contributed by atoms with van der Waals surface area (Å²) in [5.41, 5.74) is 6.70. The molecule has 4 N–H and O–H groups in total. The van der Waals surface area contributed by atoms with E-state index in [0.29, 0.717) is 29.8 Å². The minimum atomic E-state index is -1.76. The summed E-state index contributed by atoms with van der Waals surface area (Å²) >= 11 is 0. The molecule has 0 amide bonds. The Hall–Kier alpha value is -4.21. The van der Waals surface area contributed by atoms with Gasteiger partial charge in [0.05, 0.1) is 28.7 Å². The molecule has 48 heavy (non-hydrogen) atoms. The van der Waals surface area contributed by atoms with Crippen molar-refractivity contribution in [3.63, 3.8) is 0 Å². The second-order valence-electron chi connectivity index (χ2n) is 13.4. The summed E-state index contributed by atoms with van der Waals surface area (Å²) in [5, 5.41) is 6.41. The molecule has 3 aliphatic heterocycles. The van der Waals surface area contributed by atoms with Gasteiger partial charge in [-0.25, -0.2) is 22.5 Å². The molecule has 0 aliphatic carbocycles. The topological polar surface area (TPSA) is 101 Å². The number of hydrogen-bond donors (Lipinski definition) is 3. The van der Waals surface area contributed by atoms with Crippen molar-refractivity contribution in [1.82, 2.24) is 25.2 Å². The van der Waals surface area contributed by atoms with Gasteiger partial charge in [0.1, 0.15) is 29.5 Å². The lowest BCUT2D eigenvalue weighted by atomic mass is 9.86. The average Bonchev–Trinajstić information content (AvgIpc) is 3.64. The van der Waals surface area contributed by atoms with E-state index in [0.717, 1.165) is 38.8 Å². The van der Waals surface area contributed by atoms with Crippen molar-refractivity contribution in [1.29, 1.82) is 0 Å². The van der Waals surface area contributed by atoms with Gasteiger partial charge in [-0.05, 0) is 81.1 Å². The molecule has 2 fully saturated rings. The third-order valence-electron chi connectivity index (χ3n) is 10.5. The number of nitrogens with one attached hydrogen (secondary N) is 2. The molecule has 3 unspecified atom stereocenters. The van der Waals surface area contributed by atoms with Gasteiger partial charge in [-0.2, -0.15) is 9.97 Å². The Morgan fingerprint density at radius 1 is 1.10 bits per heavy atom. The third-order valence-corrected chi connectivity index (χ3v) is 10.5. The molecule has 0 spiro atoms. The lowest BCUT2D eigenvalue weighted by Crippen LogP contribution is -2.43. The summed E-state index contributed by atoms with van der Waals surface area (Å²) in [6, 6.07) is 5.84. The molecular weight excluding hydrogens is 622 g/mol. The van der Waals surface area contributed by atoms with Crippen LogP contribution in [0.15, 0.2) is 24.3 Å². The van der Waals surface area contributed by atoms with Crippen molar-refractivity contribution < 1.29 is 22.3 Å². The summed E-state index contributed by atoms with van der Waals surface area (Å²) < 4.78 is 69.0. The molecule has 2 aromatic heterocycles. The average molecular weight is 662 g/mol. The van der Waals surface area contributed by atoms with Gasteiger partial charge in [-0.15, -0.1) is 6.42 Å². The Kier molecular flexibility index (Phi) is 8.54. The van der Waals surface area contributed by atoms with E-state index in [2.05, 4.69) is 31.4 Å². The van der Waals surface area contributed by atoms with E-state index in [1.54, 1.807) is 6.07 Å². The maximum atomic E-state index is 17.1. The molecule has 4 aromatic rings. The standard InChI is InChI=1S/C36H39F4N7O/c1-4-22-19(3)14-26-29-32(30(39)31(43-26)24-16-21(41)15-20-8-9-25(37)23(5-2)28(20)24)45-35(46-34(29)42-17-27(38)44-33(22)40)48-18-36-10-6-12-47(36)13-7-11-36/h2,8-9,15-16,19,22,27,33,44H,4,6-7,10-14,17-18,41H2,1,3H3,(H,42,45,46)/t19-,22?,27?,33?/m0/s1. The maximum Gasteiger partial charge on any atom is 0.319 e. The van der Waals surface area contributed by atoms with Crippen molar-refractivity contribution in [2.75, 3.05) is 37.3 Å². The fraction of sp³-hybridized carbons (Fsp3) is 0.472. The normalized spacial score (nSPS) is 24.2. The van der Waals surface area contributed by atoms with Crippen LogP contribution in [0.25, 0.3) is 32.9 Å². The zero-order valence-corrected chi connectivity index (χ0v) is 27.1. The number of terminal acetylenes is 1. The lowest BCUT2D eigenvalue weighted by molar-refractivity contribution is 0.0910. The van der Waals surface area contributed by atoms with E-state index in [-0.39, 0.29) is 69.4 Å². The number of benzene rings is 2. The van der Waals surface area contributed by atoms with E-state index < -0.39 is 30.1 Å². The number of anilines is 2. The fourth-order valence-corrected chi connectivity index (χ4v) is 8.09. The van der Waals surface area contributed by atoms with Crippen LogP contribution < -0.4 is 21.1 Å². The maximum absolute atomic E-state index is 17.1. The van der Waals surface area contributed by atoms with Gasteiger partial charge >= 0.3 is 6.01 Å². The number of pyridine rings is 1. The number of nitrogen functional groups attached to an aromatic ring is 1. The number of alkyl halides is 2. The van der Waals surface area contributed by atoms with Crippen LogP contribution in [-0.2, 0) is 6.42 Å². The molecular formula is C36H39F4N7O. The molecule has 3 aliphatic rings. The first-order valence-electron chi connectivity index (χ1n) is 16.7. The lowest BCUT2D eigenvalue weighted by Gasteiger charge is -2.31. The Balaban J connectivity index is 1.46. The first kappa shape index (κ1) is 32.3. The Labute approximate surface area is 276 Å². The zero-order chi connectivity index (χ0) is 33.7. The largest absolute Gasteiger partial charge is 0.461 e. The summed E-state index contributed by atoms with van der Waals surface area (Å²) in [5.74, 6) is 0.138. The van der Waals surface area contributed by atoms with E-state index in [4.69, 9.17) is 21.9 Å². The molecule has 8 nitrogen and oxygen atoms in total. The monoisotopic (exact) mass is 661 g/mol. The number of hydrogen-bond acceptors (Lipinski definition) is 8. The predicted molar refractivity (Wildman–Crippen MR) is 179 cm³/mol. The van der Waals surface area contributed by atoms with Crippen molar-refractivity contribution >= 4 is 33.2 Å². The minimum Gasteiger partial charge on any atom is -0.461 e. The number of aromatic nitrogens is 3. The van der Waals surface area contributed by atoms with Crippen LogP contribution in [0.5, 0.6) is 6.01 Å². The SMILES string of the molecule is C#Cc1c(F)ccc2cc(N)cc(-c3nc4c5c(nc(OCC67CCCN6CCC7)nc5c3F)NCC(F)NC(F)C(CC)[C@@H](C)C4)c12. The molecule has 2 saturated heterocycles. The van der Waals surface area contributed by atoms with Crippen LogP contribution >= 0.6 is 0 Å². The van der Waals surface area contributed by atoms with Gasteiger partial charge in [0.2, 0.25) is 0 Å². The highest BCUT2D eigenvalue weighted by Gasteiger charge is 2.45. The second kappa shape index (κ2) is 12.7. The summed E-state index contributed by atoms with van der Waals surface area (Å²) in [4.78, 5) is 16.5. The summed E-state index contributed by atoms with van der Waals surface area (Å²) in [7, 11) is 0. The van der Waals surface area contributed by atoms with Crippen LogP contribution in [0.3, 0.4) is 0 Å². The van der Waals surface area contributed by atoms with Crippen LogP contribution in [0.4, 0.5) is 29.1 Å². The number of ether oxygens (including phenoxy) is 1. The van der Waals surface area contributed by atoms with Crippen molar-refractivity contribution in [2.45, 2.75) is 70.5 Å². The van der Waals surface area contributed by atoms with E-state index in [1.807, 2.05) is 13.8 Å². The number of nitrogens with two attached hydrogens (primary N) is 1. The van der Waals surface area contributed by atoms with E-state index >= 15 is 17.6 Å². The Bertz CT molecular complexity index is 1920. The third kappa shape index (κ3) is 5.56. The number of rotatable bonds is 5. The Morgan fingerprint density at radius 2 is 1.88 bits per heavy atom.